The van der Waals surface area contributed by atoms with E-state index in [1.54, 1.807) is 21.3 Å². The summed E-state index contributed by atoms with van der Waals surface area (Å²) in [4.78, 5) is 0. The van der Waals surface area contributed by atoms with Crippen molar-refractivity contribution in [3.8, 4) is 17.2 Å². The summed E-state index contributed by atoms with van der Waals surface area (Å²) in [6.45, 7) is 0.265. The zero-order chi connectivity index (χ0) is 33.7. The van der Waals surface area contributed by atoms with E-state index >= 15 is 0 Å². The SMILES string of the molecule is COc1ccc(CO[C@H](C(O)[C@H](CO)OCc2ccc(OC)cc2)C2O[C@H](c3ccccc3)OC[C@H]2OCc2ccc(OC)cc2)cc1. The molecule has 4 aromatic carbocycles. The molecule has 0 spiro atoms. The Morgan fingerprint density at radius 2 is 1.17 bits per heavy atom. The monoisotopic (exact) mass is 660 g/mol. The average molecular weight is 661 g/mol. The highest BCUT2D eigenvalue weighted by Gasteiger charge is 2.44. The molecule has 0 aliphatic carbocycles. The first-order chi connectivity index (χ1) is 23.5. The Balaban J connectivity index is 1.40. The van der Waals surface area contributed by atoms with Crippen LogP contribution in [0.5, 0.6) is 17.2 Å². The summed E-state index contributed by atoms with van der Waals surface area (Å²) in [7, 11) is 4.83. The van der Waals surface area contributed by atoms with Crippen LogP contribution < -0.4 is 14.2 Å². The van der Waals surface area contributed by atoms with Crippen LogP contribution in [0.3, 0.4) is 0 Å². The maximum absolute atomic E-state index is 11.9. The van der Waals surface area contributed by atoms with E-state index in [4.69, 9.17) is 37.9 Å². The van der Waals surface area contributed by atoms with Crippen molar-refractivity contribution in [1.29, 1.82) is 0 Å². The smallest absolute Gasteiger partial charge is 0.184 e. The normalized spacial score (nSPS) is 19.6. The van der Waals surface area contributed by atoms with Gasteiger partial charge in [0.1, 0.15) is 47.8 Å². The molecular formula is C38H44O10. The van der Waals surface area contributed by atoms with E-state index in [-0.39, 0.29) is 26.4 Å². The number of rotatable bonds is 17. The molecule has 10 heteroatoms. The number of aliphatic hydroxyl groups excluding tert-OH is 2. The lowest BCUT2D eigenvalue weighted by atomic mass is 9.97. The summed E-state index contributed by atoms with van der Waals surface area (Å²) >= 11 is 0. The van der Waals surface area contributed by atoms with Gasteiger partial charge in [-0.2, -0.15) is 0 Å². The van der Waals surface area contributed by atoms with Crippen LogP contribution in [0.15, 0.2) is 103 Å². The highest BCUT2D eigenvalue weighted by Crippen LogP contribution is 2.33. The molecule has 1 aliphatic heterocycles. The summed E-state index contributed by atoms with van der Waals surface area (Å²) < 4.78 is 47.6. The van der Waals surface area contributed by atoms with Crippen LogP contribution in [0.4, 0.5) is 0 Å². The first kappa shape index (κ1) is 35.3. The molecular weight excluding hydrogens is 616 g/mol. The van der Waals surface area contributed by atoms with E-state index in [2.05, 4.69) is 0 Å². The molecule has 1 saturated heterocycles. The van der Waals surface area contributed by atoms with E-state index in [1.165, 1.54) is 0 Å². The van der Waals surface area contributed by atoms with Crippen LogP contribution in [-0.2, 0) is 43.5 Å². The fourth-order valence-electron chi connectivity index (χ4n) is 5.39. The molecule has 1 fully saturated rings. The van der Waals surface area contributed by atoms with Gasteiger partial charge in [-0.1, -0.05) is 66.7 Å². The van der Waals surface area contributed by atoms with Gasteiger partial charge in [-0.15, -0.1) is 0 Å². The van der Waals surface area contributed by atoms with Crippen LogP contribution in [0, 0.1) is 0 Å². The molecule has 1 aliphatic rings. The molecule has 4 aromatic rings. The van der Waals surface area contributed by atoms with Gasteiger partial charge in [-0.25, -0.2) is 0 Å². The minimum atomic E-state index is -1.31. The lowest BCUT2D eigenvalue weighted by molar-refractivity contribution is -0.303. The van der Waals surface area contributed by atoms with Crippen molar-refractivity contribution >= 4 is 0 Å². The molecule has 0 amide bonds. The fraction of sp³-hybridized carbons (Fsp3) is 0.368. The van der Waals surface area contributed by atoms with Crippen LogP contribution in [0.25, 0.3) is 0 Å². The summed E-state index contributed by atoms with van der Waals surface area (Å²) in [5.74, 6) is 2.18. The van der Waals surface area contributed by atoms with Gasteiger partial charge in [-0.3, -0.25) is 0 Å². The van der Waals surface area contributed by atoms with E-state index in [0.717, 1.165) is 33.8 Å². The van der Waals surface area contributed by atoms with Crippen LogP contribution in [-0.4, -0.2) is 75.3 Å². The van der Waals surface area contributed by atoms with Crippen molar-refractivity contribution in [3.05, 3.63) is 125 Å². The summed E-state index contributed by atoms with van der Waals surface area (Å²) in [6.07, 6.45) is -5.48. The first-order valence-corrected chi connectivity index (χ1v) is 15.9. The van der Waals surface area contributed by atoms with Gasteiger partial charge in [0.05, 0.1) is 54.4 Å². The quantitative estimate of drug-likeness (QED) is 0.156. The third-order valence-corrected chi connectivity index (χ3v) is 8.20. The lowest BCUT2D eigenvalue weighted by Gasteiger charge is -2.42. The molecule has 0 saturated carbocycles. The minimum Gasteiger partial charge on any atom is -0.497 e. The second kappa shape index (κ2) is 18.0. The minimum absolute atomic E-state index is 0.143. The van der Waals surface area contributed by atoms with Gasteiger partial charge >= 0.3 is 0 Å². The number of ether oxygens (including phenoxy) is 8. The van der Waals surface area contributed by atoms with Gasteiger partial charge in [0.15, 0.2) is 6.29 Å². The molecule has 2 N–H and O–H groups in total. The Bertz CT molecular complexity index is 1480. The largest absolute Gasteiger partial charge is 0.497 e. The predicted molar refractivity (Wildman–Crippen MR) is 178 cm³/mol. The van der Waals surface area contributed by atoms with Crippen LogP contribution >= 0.6 is 0 Å². The summed E-state index contributed by atoms with van der Waals surface area (Å²) in [5, 5.41) is 22.4. The molecule has 1 heterocycles. The third-order valence-electron chi connectivity index (χ3n) is 8.20. The van der Waals surface area contributed by atoms with Crippen molar-refractivity contribution in [1.82, 2.24) is 0 Å². The maximum Gasteiger partial charge on any atom is 0.184 e. The molecule has 256 valence electrons. The van der Waals surface area contributed by atoms with Gasteiger partial charge in [-0.05, 0) is 53.1 Å². The van der Waals surface area contributed by atoms with E-state index < -0.39 is 43.4 Å². The Morgan fingerprint density at radius 1 is 0.667 bits per heavy atom. The van der Waals surface area contributed by atoms with Gasteiger partial charge < -0.3 is 48.1 Å². The topological polar surface area (TPSA) is 114 Å². The third kappa shape index (κ3) is 9.55. The number of hydrogen-bond acceptors (Lipinski definition) is 10. The Labute approximate surface area is 281 Å². The highest BCUT2D eigenvalue weighted by atomic mass is 16.7. The van der Waals surface area contributed by atoms with Crippen molar-refractivity contribution in [2.24, 2.45) is 0 Å². The predicted octanol–water partition coefficient (Wildman–Crippen LogP) is 5.24. The second-order valence-electron chi connectivity index (χ2n) is 11.4. The van der Waals surface area contributed by atoms with Crippen LogP contribution in [0.2, 0.25) is 0 Å². The average Bonchev–Trinajstić information content (AvgIpc) is 3.15. The van der Waals surface area contributed by atoms with Crippen molar-refractivity contribution in [2.45, 2.75) is 56.6 Å². The highest BCUT2D eigenvalue weighted by molar-refractivity contribution is 5.28. The van der Waals surface area contributed by atoms with Crippen molar-refractivity contribution < 1.29 is 48.1 Å². The van der Waals surface area contributed by atoms with Gasteiger partial charge in [0.25, 0.3) is 0 Å². The molecule has 48 heavy (non-hydrogen) atoms. The number of hydrogen-bond donors (Lipinski definition) is 2. The number of aliphatic hydroxyl groups is 2. The molecule has 0 aromatic heterocycles. The Hall–Kier alpha value is -4.00. The van der Waals surface area contributed by atoms with Crippen molar-refractivity contribution in [2.75, 3.05) is 34.5 Å². The maximum atomic E-state index is 11.9. The molecule has 5 rings (SSSR count). The molecule has 0 bridgehead atoms. The first-order valence-electron chi connectivity index (χ1n) is 15.9. The lowest BCUT2D eigenvalue weighted by Crippen LogP contribution is -2.56. The number of benzene rings is 4. The molecule has 0 radical (unpaired) electrons. The summed E-state index contributed by atoms with van der Waals surface area (Å²) in [6, 6.07) is 32.0. The fourth-order valence-corrected chi connectivity index (χ4v) is 5.39. The molecule has 2 unspecified atom stereocenters. The summed E-state index contributed by atoms with van der Waals surface area (Å²) in [5.41, 5.74) is 3.44. The standard InChI is InChI=1S/C38H44O10/c1-41-30-15-9-26(10-16-30)22-44-33(21-39)35(40)37(46-24-28-13-19-32(43-3)20-14-28)36-34(45-23-27-11-17-31(42-2)18-12-27)25-47-38(48-36)29-7-5-4-6-8-29/h4-20,33-40H,21-25H2,1-3H3/t33-,34+,35?,36?,37+,38+/m0/s1. The molecule has 6 atom stereocenters. The van der Waals surface area contributed by atoms with Gasteiger partial charge in [0.2, 0.25) is 0 Å². The van der Waals surface area contributed by atoms with E-state index in [0.29, 0.717) is 5.75 Å². The molecule has 10 nitrogen and oxygen atoms in total. The zero-order valence-corrected chi connectivity index (χ0v) is 27.5. The Kier molecular flexibility index (Phi) is 13.2. The van der Waals surface area contributed by atoms with Crippen molar-refractivity contribution in [3.63, 3.8) is 0 Å². The van der Waals surface area contributed by atoms with Gasteiger partial charge in [0, 0.05) is 5.56 Å². The van der Waals surface area contributed by atoms with E-state index in [1.807, 2.05) is 103 Å². The van der Waals surface area contributed by atoms with Crippen LogP contribution in [0.1, 0.15) is 28.5 Å². The van der Waals surface area contributed by atoms with E-state index in [9.17, 15) is 10.2 Å². The zero-order valence-electron chi connectivity index (χ0n) is 27.5. The Morgan fingerprint density at radius 3 is 1.67 bits per heavy atom. The number of methoxy groups -OCH3 is 3. The second-order valence-corrected chi connectivity index (χ2v) is 11.4.